The minimum Gasteiger partial charge on any atom is -0.492 e. The number of carbonyl (C=O) groups excluding carboxylic acids is 2. The number of unbranched alkanes of at least 4 members (excludes halogenated alkanes) is 1. The first-order valence-electron chi connectivity index (χ1n) is 13.6. The SMILES string of the molecule is CCCCOc1ccc2nc(NC(=O)c3ccnc(C)c3)n([C@@H]3CCCCN(C(=O)OC(C)(C)C)C3)c2c1Cl. The van der Waals surface area contributed by atoms with Gasteiger partial charge >= 0.3 is 6.09 Å². The molecule has 9 nitrogen and oxygen atoms in total. The number of aromatic nitrogens is 3. The lowest BCUT2D eigenvalue weighted by molar-refractivity contribution is 0.0238. The van der Waals surface area contributed by atoms with Crippen LogP contribution in [0.2, 0.25) is 5.02 Å². The number of rotatable bonds is 7. The molecule has 0 radical (unpaired) electrons. The minimum atomic E-state index is -0.601. The number of fused-ring (bicyclic) bond motifs is 1. The van der Waals surface area contributed by atoms with Crippen molar-refractivity contribution in [2.24, 2.45) is 0 Å². The van der Waals surface area contributed by atoms with Crippen LogP contribution in [0.1, 0.15) is 81.9 Å². The molecule has 0 bridgehead atoms. The molecule has 1 atom stereocenters. The molecule has 0 aliphatic carbocycles. The number of nitrogens with one attached hydrogen (secondary N) is 1. The molecule has 2 amide bonds. The van der Waals surface area contributed by atoms with Crippen LogP contribution >= 0.6 is 11.6 Å². The number of likely N-dealkylation sites (tertiary alicyclic amines) is 1. The smallest absolute Gasteiger partial charge is 0.410 e. The second-order valence-electron chi connectivity index (χ2n) is 11.0. The number of ether oxygens (including phenoxy) is 2. The van der Waals surface area contributed by atoms with Gasteiger partial charge in [0.15, 0.2) is 0 Å². The topological polar surface area (TPSA) is 98.6 Å². The molecule has 1 fully saturated rings. The van der Waals surface area contributed by atoms with Crippen molar-refractivity contribution in [3.8, 4) is 5.75 Å². The molecule has 1 N–H and O–H groups in total. The van der Waals surface area contributed by atoms with E-state index >= 15 is 0 Å². The van der Waals surface area contributed by atoms with Gasteiger partial charge in [0.25, 0.3) is 5.91 Å². The summed E-state index contributed by atoms with van der Waals surface area (Å²) in [5.74, 6) is 0.636. The van der Waals surface area contributed by atoms with Gasteiger partial charge in [-0.3, -0.25) is 15.1 Å². The average Bonchev–Trinajstić information content (AvgIpc) is 3.05. The third-order valence-corrected chi connectivity index (χ3v) is 6.92. The van der Waals surface area contributed by atoms with Gasteiger partial charge in [-0.2, -0.15) is 0 Å². The van der Waals surface area contributed by atoms with E-state index in [0.717, 1.165) is 37.8 Å². The van der Waals surface area contributed by atoms with Gasteiger partial charge in [0.05, 0.1) is 23.7 Å². The van der Waals surface area contributed by atoms with Gasteiger partial charge in [-0.15, -0.1) is 0 Å². The summed E-state index contributed by atoms with van der Waals surface area (Å²) in [6.07, 6.45) is 5.68. The first kappa shape index (κ1) is 28.7. The molecule has 1 aliphatic heterocycles. The van der Waals surface area contributed by atoms with E-state index in [1.54, 1.807) is 23.2 Å². The first-order valence-corrected chi connectivity index (χ1v) is 14.0. The van der Waals surface area contributed by atoms with Crippen molar-refractivity contribution < 1.29 is 19.1 Å². The molecular formula is C29H38ClN5O4. The van der Waals surface area contributed by atoms with E-state index in [9.17, 15) is 9.59 Å². The molecule has 3 heterocycles. The van der Waals surface area contributed by atoms with Crippen LogP contribution in [0.15, 0.2) is 30.5 Å². The van der Waals surface area contributed by atoms with Crippen molar-refractivity contribution >= 4 is 40.6 Å². The molecule has 1 aliphatic rings. The number of aryl methyl sites for hydroxylation is 1. The van der Waals surface area contributed by atoms with Crippen molar-refractivity contribution in [3.05, 3.63) is 46.7 Å². The number of pyridine rings is 1. The summed E-state index contributed by atoms with van der Waals surface area (Å²) in [6.45, 7) is 11.1. The van der Waals surface area contributed by atoms with E-state index < -0.39 is 5.60 Å². The molecule has 4 rings (SSSR count). The number of benzene rings is 1. The summed E-state index contributed by atoms with van der Waals surface area (Å²) >= 11 is 6.95. The third-order valence-electron chi connectivity index (χ3n) is 6.56. The van der Waals surface area contributed by atoms with Crippen molar-refractivity contribution in [1.82, 2.24) is 19.4 Å². The number of amides is 2. The Balaban J connectivity index is 1.76. The number of halogens is 1. The van der Waals surface area contributed by atoms with Crippen LogP contribution in [0.5, 0.6) is 5.75 Å². The Bertz CT molecular complexity index is 1330. The molecule has 210 valence electrons. The summed E-state index contributed by atoms with van der Waals surface area (Å²) in [7, 11) is 0. The second-order valence-corrected chi connectivity index (χ2v) is 11.3. The standard InChI is InChI=1S/C29H38ClN5O4/c1-6-7-16-38-23-12-11-22-25(24(23)30)35(27(32-22)33-26(36)20-13-14-31-19(2)17-20)21-10-8-9-15-34(18-21)28(37)39-29(3,4)5/h11-14,17,21H,6-10,15-16,18H2,1-5H3,(H,32,33,36)/t21-/m1/s1. The fraction of sp³-hybridized carbons (Fsp3) is 0.517. The van der Waals surface area contributed by atoms with E-state index in [2.05, 4.69) is 17.2 Å². The molecule has 3 aromatic rings. The van der Waals surface area contributed by atoms with Gasteiger partial charge in [0.2, 0.25) is 5.95 Å². The van der Waals surface area contributed by atoms with Gasteiger partial charge in [-0.25, -0.2) is 9.78 Å². The third kappa shape index (κ3) is 7.01. The Hall–Kier alpha value is -3.33. The van der Waals surface area contributed by atoms with Crippen LogP contribution in [0.25, 0.3) is 11.0 Å². The monoisotopic (exact) mass is 555 g/mol. The fourth-order valence-electron chi connectivity index (χ4n) is 4.69. The van der Waals surface area contributed by atoms with Crippen molar-refractivity contribution in [1.29, 1.82) is 0 Å². The maximum absolute atomic E-state index is 13.3. The molecule has 0 spiro atoms. The van der Waals surface area contributed by atoms with E-state index in [-0.39, 0.29) is 18.0 Å². The lowest BCUT2D eigenvalue weighted by atomic mass is 10.1. The Labute approximate surface area is 234 Å². The molecule has 0 unspecified atom stereocenters. The molecule has 1 saturated heterocycles. The number of anilines is 1. The van der Waals surface area contributed by atoms with E-state index in [0.29, 0.717) is 53.0 Å². The van der Waals surface area contributed by atoms with Crippen LogP contribution in [0.3, 0.4) is 0 Å². The van der Waals surface area contributed by atoms with Crippen LogP contribution < -0.4 is 10.1 Å². The number of carbonyl (C=O) groups is 2. The van der Waals surface area contributed by atoms with Gasteiger partial charge in [0, 0.05) is 30.5 Å². The lowest BCUT2D eigenvalue weighted by Crippen LogP contribution is -2.39. The van der Waals surface area contributed by atoms with Gasteiger partial charge < -0.3 is 18.9 Å². The first-order chi connectivity index (χ1) is 18.6. The Morgan fingerprint density at radius 1 is 1.21 bits per heavy atom. The molecule has 0 saturated carbocycles. The van der Waals surface area contributed by atoms with Crippen LogP contribution in [-0.2, 0) is 4.74 Å². The number of imidazole rings is 1. The Morgan fingerprint density at radius 3 is 2.72 bits per heavy atom. The summed E-state index contributed by atoms with van der Waals surface area (Å²) in [4.78, 5) is 37.0. The highest BCUT2D eigenvalue weighted by Gasteiger charge is 2.31. The largest absolute Gasteiger partial charge is 0.492 e. The average molecular weight is 556 g/mol. The van der Waals surface area contributed by atoms with Crippen LogP contribution in [-0.4, -0.2) is 56.7 Å². The van der Waals surface area contributed by atoms with Gasteiger partial charge in [0.1, 0.15) is 16.4 Å². The van der Waals surface area contributed by atoms with Crippen molar-refractivity contribution in [2.45, 2.75) is 78.4 Å². The van der Waals surface area contributed by atoms with Crippen molar-refractivity contribution in [3.63, 3.8) is 0 Å². The zero-order valence-corrected chi connectivity index (χ0v) is 24.2. The molecular weight excluding hydrogens is 518 g/mol. The number of nitrogens with zero attached hydrogens (tertiary/aromatic N) is 4. The number of hydrogen-bond acceptors (Lipinski definition) is 6. The highest BCUT2D eigenvalue weighted by Crippen LogP contribution is 2.38. The highest BCUT2D eigenvalue weighted by molar-refractivity contribution is 6.36. The summed E-state index contributed by atoms with van der Waals surface area (Å²) in [5, 5.41) is 3.43. The normalized spacial score (nSPS) is 16.2. The predicted octanol–water partition coefficient (Wildman–Crippen LogP) is 6.79. The predicted molar refractivity (Wildman–Crippen MR) is 153 cm³/mol. The van der Waals surface area contributed by atoms with Crippen molar-refractivity contribution in [2.75, 3.05) is 25.0 Å². The second kappa shape index (κ2) is 12.2. The zero-order valence-electron chi connectivity index (χ0n) is 23.4. The van der Waals surface area contributed by atoms with Gasteiger partial charge in [-0.1, -0.05) is 24.9 Å². The fourth-order valence-corrected chi connectivity index (χ4v) is 5.00. The lowest BCUT2D eigenvalue weighted by Gasteiger charge is -2.29. The summed E-state index contributed by atoms with van der Waals surface area (Å²) in [5.41, 5.74) is 1.92. The molecule has 10 heteroatoms. The van der Waals surface area contributed by atoms with E-state index in [1.165, 1.54) is 0 Å². The maximum Gasteiger partial charge on any atom is 0.410 e. The summed E-state index contributed by atoms with van der Waals surface area (Å²) < 4.78 is 13.6. The van der Waals surface area contributed by atoms with E-state index in [4.69, 9.17) is 26.1 Å². The minimum absolute atomic E-state index is 0.192. The molecule has 2 aromatic heterocycles. The molecule has 39 heavy (non-hydrogen) atoms. The maximum atomic E-state index is 13.3. The van der Waals surface area contributed by atoms with Crippen LogP contribution in [0.4, 0.5) is 10.7 Å². The van der Waals surface area contributed by atoms with E-state index in [1.807, 2.05) is 44.4 Å². The molecule has 1 aromatic carbocycles. The highest BCUT2D eigenvalue weighted by atomic mass is 35.5. The quantitative estimate of drug-likeness (QED) is 0.322. The zero-order chi connectivity index (χ0) is 28.2. The Kier molecular flexibility index (Phi) is 9.00. The summed E-state index contributed by atoms with van der Waals surface area (Å²) in [6, 6.07) is 6.87. The Morgan fingerprint density at radius 2 is 2.00 bits per heavy atom. The van der Waals surface area contributed by atoms with Gasteiger partial charge in [-0.05, 0) is 77.6 Å². The van der Waals surface area contributed by atoms with Crippen LogP contribution in [0, 0.1) is 6.92 Å². The number of hydrogen-bond donors (Lipinski definition) is 1.